The molecule has 0 bridgehead atoms. The van der Waals surface area contributed by atoms with E-state index in [0.29, 0.717) is 23.3 Å². The van der Waals surface area contributed by atoms with E-state index in [1.807, 2.05) is 0 Å². The second kappa shape index (κ2) is 11.1. The van der Waals surface area contributed by atoms with Gasteiger partial charge in [0.1, 0.15) is 5.82 Å². The maximum atomic E-state index is 13.9. The second-order valence-corrected chi connectivity index (χ2v) is 10.5. The Hall–Kier alpha value is -3.48. The molecule has 2 aliphatic rings. The van der Waals surface area contributed by atoms with Crippen LogP contribution in [0.3, 0.4) is 0 Å². The van der Waals surface area contributed by atoms with E-state index in [1.165, 1.54) is 37.2 Å². The fourth-order valence-corrected chi connectivity index (χ4v) is 5.54. The quantitative estimate of drug-likeness (QED) is 0.342. The van der Waals surface area contributed by atoms with E-state index in [4.69, 9.17) is 0 Å². The molecule has 0 radical (unpaired) electrons. The summed E-state index contributed by atoms with van der Waals surface area (Å²) in [5.74, 6) is -3.06. The van der Waals surface area contributed by atoms with Crippen molar-refractivity contribution in [3.8, 4) is 0 Å². The highest BCUT2D eigenvalue weighted by molar-refractivity contribution is 6.05. The number of piperidine rings is 1. The summed E-state index contributed by atoms with van der Waals surface area (Å²) in [4.78, 5) is 39.2. The monoisotopic (exact) mass is 587 g/mol. The van der Waals surface area contributed by atoms with E-state index in [1.54, 1.807) is 11.9 Å². The summed E-state index contributed by atoms with van der Waals surface area (Å²) in [7, 11) is 1.31. The number of alkyl halides is 6. The Kier molecular flexibility index (Phi) is 8.23. The Morgan fingerprint density at radius 3 is 2.12 bits per heavy atom. The highest BCUT2D eigenvalue weighted by Crippen LogP contribution is 2.40. The topological polar surface area (TPSA) is 60.9 Å². The van der Waals surface area contributed by atoms with Crippen molar-refractivity contribution in [1.82, 2.24) is 14.9 Å². The Morgan fingerprint density at radius 1 is 1.00 bits per heavy atom. The molecule has 0 saturated carbocycles. The van der Waals surface area contributed by atoms with Crippen LogP contribution in [-0.4, -0.2) is 59.2 Å². The number of hydrogen-bond donors (Lipinski definition) is 0. The fraction of sp³-hybridized carbons (Fsp3) is 0.464. The molecule has 2 saturated heterocycles. The number of nitrogens with zero attached hydrogens (tertiary/aromatic N) is 3. The standard InChI is InChI=1S/C28H28F7N3O3/c1-15-8-20(29)4-5-22(15)24-14-37(38-13-21(39)12-25(38)40)7-6-23(24)26(41)36(3)16(2)17-9-18(27(30,31)32)11-19(10-17)28(33,34)35/h4-5,8-11,16,23-24H,6-7,12-14H2,1-3H3/t16-,23+,24-/m1/s1. The SMILES string of the molecule is Cc1cc(F)ccc1[C@H]1CN(N2CC(=O)CC2=O)CC[C@@H]1C(=O)N(C)[C@H](C)c1cc(C(F)(F)F)cc(C(F)(F)F)c1. The lowest BCUT2D eigenvalue weighted by Gasteiger charge is -2.43. The van der Waals surface area contributed by atoms with Crippen molar-refractivity contribution in [1.29, 1.82) is 0 Å². The zero-order chi connectivity index (χ0) is 30.4. The smallest absolute Gasteiger partial charge is 0.339 e. The molecule has 0 N–H and O–H groups in total. The third-order valence-corrected chi connectivity index (χ3v) is 7.86. The molecule has 2 aromatic rings. The molecule has 2 amide bonds. The summed E-state index contributed by atoms with van der Waals surface area (Å²) in [6.45, 7) is 3.20. The Bertz CT molecular complexity index is 1330. The van der Waals surface area contributed by atoms with Crippen LogP contribution in [0.4, 0.5) is 30.7 Å². The van der Waals surface area contributed by atoms with Crippen molar-refractivity contribution < 1.29 is 45.1 Å². The average molecular weight is 588 g/mol. The van der Waals surface area contributed by atoms with Gasteiger partial charge in [-0.05, 0) is 67.3 Å². The van der Waals surface area contributed by atoms with Gasteiger partial charge in [0.05, 0.1) is 30.1 Å². The van der Waals surface area contributed by atoms with Gasteiger partial charge in [0, 0.05) is 32.0 Å². The van der Waals surface area contributed by atoms with E-state index in [-0.39, 0.29) is 55.8 Å². The lowest BCUT2D eigenvalue weighted by molar-refractivity contribution is -0.150. The Morgan fingerprint density at radius 2 is 1.61 bits per heavy atom. The zero-order valence-electron chi connectivity index (χ0n) is 22.4. The maximum absolute atomic E-state index is 13.9. The molecule has 13 heteroatoms. The summed E-state index contributed by atoms with van der Waals surface area (Å²) in [5, 5.41) is 2.98. The summed E-state index contributed by atoms with van der Waals surface area (Å²) >= 11 is 0. The molecule has 4 rings (SSSR count). The van der Waals surface area contributed by atoms with Crippen molar-refractivity contribution in [2.24, 2.45) is 5.92 Å². The van der Waals surface area contributed by atoms with Gasteiger partial charge in [-0.15, -0.1) is 0 Å². The largest absolute Gasteiger partial charge is 0.416 e. The molecule has 3 atom stereocenters. The molecule has 2 fully saturated rings. The minimum absolute atomic E-state index is 0.0332. The molecular weight excluding hydrogens is 559 g/mol. The number of carbonyl (C=O) groups excluding carboxylic acids is 3. The fourth-order valence-electron chi connectivity index (χ4n) is 5.54. The number of rotatable bonds is 5. The van der Waals surface area contributed by atoms with Gasteiger partial charge < -0.3 is 4.90 Å². The number of carbonyl (C=O) groups is 3. The van der Waals surface area contributed by atoms with Crippen LogP contribution in [0.5, 0.6) is 0 Å². The van der Waals surface area contributed by atoms with Crippen molar-refractivity contribution in [2.45, 2.75) is 51.0 Å². The molecular formula is C28H28F7N3O3. The lowest BCUT2D eigenvalue weighted by Crippen LogP contribution is -2.53. The van der Waals surface area contributed by atoms with Gasteiger partial charge >= 0.3 is 12.4 Å². The number of aryl methyl sites for hydroxylation is 1. The third-order valence-electron chi connectivity index (χ3n) is 7.86. The number of hydrogen-bond acceptors (Lipinski definition) is 4. The molecule has 0 aromatic heterocycles. The van der Waals surface area contributed by atoms with Crippen LogP contribution in [0.25, 0.3) is 0 Å². The number of Topliss-reactive ketones (excluding diaryl/α,β-unsaturated/α-hetero) is 1. The van der Waals surface area contributed by atoms with Crippen LogP contribution in [0, 0.1) is 18.7 Å². The molecule has 2 aromatic carbocycles. The van der Waals surface area contributed by atoms with Gasteiger partial charge in [-0.25, -0.2) is 9.40 Å². The van der Waals surface area contributed by atoms with Crippen molar-refractivity contribution in [3.05, 3.63) is 70.0 Å². The van der Waals surface area contributed by atoms with Gasteiger partial charge in [0.25, 0.3) is 0 Å². The Balaban J connectivity index is 1.67. The summed E-state index contributed by atoms with van der Waals surface area (Å²) in [5.41, 5.74) is -2.16. The molecule has 2 aliphatic heterocycles. The van der Waals surface area contributed by atoms with Crippen LogP contribution < -0.4 is 0 Å². The summed E-state index contributed by atoms with van der Waals surface area (Å²) in [6, 6.07) is 4.10. The van der Waals surface area contributed by atoms with E-state index >= 15 is 0 Å². The first-order chi connectivity index (χ1) is 19.0. The van der Waals surface area contributed by atoms with Gasteiger partial charge in [-0.1, -0.05) is 6.07 Å². The molecule has 0 aliphatic carbocycles. The Labute approximate surface area is 231 Å². The van der Waals surface area contributed by atoms with Crippen molar-refractivity contribution in [2.75, 3.05) is 26.7 Å². The molecule has 222 valence electrons. The second-order valence-electron chi connectivity index (χ2n) is 10.5. The van der Waals surface area contributed by atoms with Crippen molar-refractivity contribution >= 4 is 17.6 Å². The van der Waals surface area contributed by atoms with Gasteiger partial charge in [-0.2, -0.15) is 26.3 Å². The van der Waals surface area contributed by atoms with Gasteiger partial charge in [0.2, 0.25) is 11.8 Å². The molecule has 0 spiro atoms. The molecule has 0 unspecified atom stereocenters. The van der Waals surface area contributed by atoms with E-state index < -0.39 is 53.1 Å². The normalized spacial score (nSPS) is 21.4. The maximum Gasteiger partial charge on any atom is 0.416 e. The first kappa shape index (κ1) is 30.5. The molecule has 2 heterocycles. The first-order valence-electron chi connectivity index (χ1n) is 12.9. The highest BCUT2D eigenvalue weighted by Gasteiger charge is 2.43. The van der Waals surface area contributed by atoms with Crippen LogP contribution in [0.2, 0.25) is 0 Å². The third kappa shape index (κ3) is 6.39. The van der Waals surface area contributed by atoms with Crippen molar-refractivity contribution in [3.63, 3.8) is 0 Å². The predicted octanol–water partition coefficient (Wildman–Crippen LogP) is 5.51. The number of halogens is 7. The highest BCUT2D eigenvalue weighted by atomic mass is 19.4. The van der Waals surface area contributed by atoms with E-state index in [2.05, 4.69) is 0 Å². The number of ketones is 1. The van der Waals surface area contributed by atoms with Crippen LogP contribution in [0.1, 0.15) is 59.5 Å². The minimum Gasteiger partial charge on any atom is -0.339 e. The summed E-state index contributed by atoms with van der Waals surface area (Å²) < 4.78 is 94.6. The average Bonchev–Trinajstić information content (AvgIpc) is 3.23. The first-order valence-corrected chi connectivity index (χ1v) is 12.9. The number of hydrazine groups is 1. The summed E-state index contributed by atoms with van der Waals surface area (Å²) in [6.07, 6.45) is -10.1. The van der Waals surface area contributed by atoms with E-state index in [9.17, 15) is 45.1 Å². The predicted molar refractivity (Wildman–Crippen MR) is 133 cm³/mol. The zero-order valence-corrected chi connectivity index (χ0v) is 22.4. The van der Waals surface area contributed by atoms with Crippen LogP contribution >= 0.6 is 0 Å². The van der Waals surface area contributed by atoms with Gasteiger partial charge in [-0.3, -0.25) is 19.4 Å². The molecule has 41 heavy (non-hydrogen) atoms. The minimum atomic E-state index is -5.04. The van der Waals surface area contributed by atoms with E-state index in [0.717, 1.165) is 4.90 Å². The van der Waals surface area contributed by atoms with Gasteiger partial charge in [0.15, 0.2) is 5.78 Å². The van der Waals surface area contributed by atoms with Crippen LogP contribution in [0.15, 0.2) is 36.4 Å². The molecule has 6 nitrogen and oxygen atoms in total. The number of amides is 2. The van der Waals surface area contributed by atoms with Crippen LogP contribution in [-0.2, 0) is 26.7 Å². The lowest BCUT2D eigenvalue weighted by atomic mass is 9.78. The number of benzene rings is 2.